The maximum atomic E-state index is 13.1. The Labute approximate surface area is 170 Å². The van der Waals surface area contributed by atoms with E-state index in [1.165, 1.54) is 12.1 Å². The second-order valence-corrected chi connectivity index (χ2v) is 8.72. The van der Waals surface area contributed by atoms with Crippen LogP contribution >= 0.6 is 0 Å². The van der Waals surface area contributed by atoms with Crippen LogP contribution in [0.3, 0.4) is 0 Å². The summed E-state index contributed by atoms with van der Waals surface area (Å²) in [5.41, 5.74) is 1.59. The van der Waals surface area contributed by atoms with Gasteiger partial charge in [-0.25, -0.2) is 4.39 Å². The van der Waals surface area contributed by atoms with Crippen molar-refractivity contribution in [3.8, 4) is 5.75 Å². The van der Waals surface area contributed by atoms with Gasteiger partial charge in [0.2, 0.25) is 5.91 Å². The average molecular weight is 421 g/mol. The Morgan fingerprint density at radius 1 is 1.14 bits per heavy atom. The average Bonchev–Trinajstić information content (AvgIpc) is 3.16. The number of benzene rings is 2. The summed E-state index contributed by atoms with van der Waals surface area (Å²) in [7, 11) is -3.59. The Hall–Kier alpha value is -2.45. The molecular formula is C21H24FNO5S. The van der Waals surface area contributed by atoms with E-state index in [0.717, 1.165) is 30.2 Å². The van der Waals surface area contributed by atoms with Crippen LogP contribution in [0.25, 0.3) is 0 Å². The highest BCUT2D eigenvalue weighted by Gasteiger charge is 2.23. The third kappa shape index (κ3) is 6.83. The van der Waals surface area contributed by atoms with E-state index in [-0.39, 0.29) is 30.0 Å². The van der Waals surface area contributed by atoms with Crippen molar-refractivity contribution in [1.29, 1.82) is 0 Å². The zero-order chi connectivity index (χ0) is 20.9. The van der Waals surface area contributed by atoms with Gasteiger partial charge in [-0.3, -0.25) is 4.79 Å². The minimum atomic E-state index is -3.59. The lowest BCUT2D eigenvalue weighted by Crippen LogP contribution is -2.37. The molecule has 6 nitrogen and oxygen atoms in total. The molecule has 156 valence electrons. The van der Waals surface area contributed by atoms with Crippen molar-refractivity contribution in [2.24, 2.45) is 0 Å². The minimum Gasteiger partial charge on any atom is -0.383 e. The molecule has 0 radical (unpaired) electrons. The van der Waals surface area contributed by atoms with Gasteiger partial charge in [0.25, 0.3) is 0 Å². The molecule has 2 aromatic rings. The normalized spacial score (nSPS) is 16.6. The summed E-state index contributed by atoms with van der Waals surface area (Å²) >= 11 is 0. The number of hydrogen-bond donors (Lipinski definition) is 0. The molecular weight excluding hydrogens is 397 g/mol. The first-order chi connectivity index (χ1) is 13.8. The maximum Gasteiger partial charge on any atom is 0.306 e. The van der Waals surface area contributed by atoms with Crippen molar-refractivity contribution in [3.05, 3.63) is 65.5 Å². The largest absolute Gasteiger partial charge is 0.383 e. The molecule has 29 heavy (non-hydrogen) atoms. The lowest BCUT2D eigenvalue weighted by Gasteiger charge is -2.26. The van der Waals surface area contributed by atoms with Gasteiger partial charge in [-0.15, -0.1) is 0 Å². The molecule has 0 aromatic heterocycles. The fourth-order valence-corrected chi connectivity index (χ4v) is 3.68. The van der Waals surface area contributed by atoms with Gasteiger partial charge >= 0.3 is 10.1 Å². The molecule has 1 amide bonds. The van der Waals surface area contributed by atoms with E-state index in [9.17, 15) is 17.6 Å². The summed E-state index contributed by atoms with van der Waals surface area (Å²) in [6.45, 7) is 1.53. The van der Waals surface area contributed by atoms with Crippen LogP contribution in [0, 0.1) is 5.82 Å². The predicted octanol–water partition coefficient (Wildman–Crippen LogP) is 2.91. The second-order valence-electron chi connectivity index (χ2n) is 7.14. The fourth-order valence-electron chi connectivity index (χ4n) is 3.22. The number of rotatable bonds is 8. The summed E-state index contributed by atoms with van der Waals surface area (Å²) < 4.78 is 46.1. The summed E-state index contributed by atoms with van der Waals surface area (Å²) in [6, 6.07) is 12.5. The van der Waals surface area contributed by atoms with Gasteiger partial charge in [-0.2, -0.15) is 8.42 Å². The number of carbonyl (C=O) groups excluding carboxylic acids is 1. The van der Waals surface area contributed by atoms with Crippen molar-refractivity contribution >= 4 is 16.0 Å². The third-order valence-corrected chi connectivity index (χ3v) is 5.11. The molecule has 1 unspecified atom stereocenters. The quantitative estimate of drug-likeness (QED) is 0.613. The van der Waals surface area contributed by atoms with Gasteiger partial charge < -0.3 is 13.8 Å². The topological polar surface area (TPSA) is 72.9 Å². The first-order valence-electron chi connectivity index (χ1n) is 9.41. The highest BCUT2D eigenvalue weighted by molar-refractivity contribution is 7.86. The second kappa shape index (κ2) is 9.37. The fraction of sp³-hybridized carbons (Fsp3) is 0.381. The molecule has 1 fully saturated rings. The van der Waals surface area contributed by atoms with Crippen LogP contribution in [0.4, 0.5) is 4.39 Å². The molecule has 2 aromatic carbocycles. The maximum absolute atomic E-state index is 13.1. The molecule has 0 bridgehead atoms. The number of nitrogens with zero attached hydrogens (tertiary/aromatic N) is 1. The monoisotopic (exact) mass is 421 g/mol. The molecule has 1 aliphatic rings. The lowest BCUT2D eigenvalue weighted by atomic mass is 10.1. The van der Waals surface area contributed by atoms with E-state index in [1.54, 1.807) is 41.3 Å². The number of hydrogen-bond acceptors (Lipinski definition) is 5. The SMILES string of the molecule is CS(=O)(=O)Oc1ccc(CN(CC2CCCO2)C(=O)Cc2ccc(F)cc2)cc1. The zero-order valence-corrected chi connectivity index (χ0v) is 17.0. The van der Waals surface area contributed by atoms with Crippen LogP contribution in [0.2, 0.25) is 0 Å². The van der Waals surface area contributed by atoms with E-state index in [0.29, 0.717) is 19.7 Å². The molecule has 1 atom stereocenters. The van der Waals surface area contributed by atoms with Crippen molar-refractivity contribution in [1.82, 2.24) is 4.90 Å². The van der Waals surface area contributed by atoms with E-state index in [4.69, 9.17) is 8.92 Å². The molecule has 0 spiro atoms. The molecule has 0 saturated carbocycles. The standard InChI is InChI=1S/C21H24FNO5S/c1-29(25,26)28-19-10-6-17(7-11-19)14-23(15-20-3-2-12-27-20)21(24)13-16-4-8-18(22)9-5-16/h4-11,20H,2-3,12-15H2,1H3. The summed E-state index contributed by atoms with van der Waals surface area (Å²) in [4.78, 5) is 14.6. The predicted molar refractivity (Wildman–Crippen MR) is 106 cm³/mol. The van der Waals surface area contributed by atoms with Gasteiger partial charge in [-0.05, 0) is 48.2 Å². The Bertz CT molecular complexity index is 923. The van der Waals surface area contributed by atoms with Crippen LogP contribution < -0.4 is 4.18 Å². The van der Waals surface area contributed by atoms with Gasteiger partial charge in [-0.1, -0.05) is 24.3 Å². The molecule has 1 saturated heterocycles. The summed E-state index contributed by atoms with van der Waals surface area (Å²) in [6.07, 6.45) is 3.03. The first kappa shape index (κ1) is 21.3. The number of ether oxygens (including phenoxy) is 1. The Kier molecular flexibility index (Phi) is 6.87. The van der Waals surface area contributed by atoms with E-state index < -0.39 is 10.1 Å². The Morgan fingerprint density at radius 3 is 2.38 bits per heavy atom. The van der Waals surface area contributed by atoms with Crippen LogP contribution in [0.5, 0.6) is 5.75 Å². The number of carbonyl (C=O) groups is 1. The zero-order valence-electron chi connectivity index (χ0n) is 16.2. The summed E-state index contributed by atoms with van der Waals surface area (Å²) in [5.74, 6) is -0.197. The van der Waals surface area contributed by atoms with Crippen LogP contribution in [0.15, 0.2) is 48.5 Å². The highest BCUT2D eigenvalue weighted by Crippen LogP contribution is 2.19. The molecule has 1 heterocycles. The van der Waals surface area contributed by atoms with Crippen molar-refractivity contribution in [3.63, 3.8) is 0 Å². The van der Waals surface area contributed by atoms with Crippen molar-refractivity contribution in [2.75, 3.05) is 19.4 Å². The number of amides is 1. The lowest BCUT2D eigenvalue weighted by molar-refractivity contribution is -0.132. The van der Waals surface area contributed by atoms with Gasteiger partial charge in [0.1, 0.15) is 11.6 Å². The molecule has 0 N–H and O–H groups in total. The molecule has 0 aliphatic carbocycles. The number of halogens is 1. The molecule has 3 rings (SSSR count). The van der Waals surface area contributed by atoms with Crippen LogP contribution in [-0.2, 0) is 32.6 Å². The van der Waals surface area contributed by atoms with Crippen LogP contribution in [-0.4, -0.2) is 44.7 Å². The Balaban J connectivity index is 1.70. The van der Waals surface area contributed by atoms with Crippen molar-refractivity contribution in [2.45, 2.75) is 31.9 Å². The van der Waals surface area contributed by atoms with E-state index in [2.05, 4.69) is 0 Å². The molecule has 8 heteroatoms. The Morgan fingerprint density at radius 2 is 1.79 bits per heavy atom. The highest BCUT2D eigenvalue weighted by atomic mass is 32.2. The minimum absolute atomic E-state index is 0.00000807. The van der Waals surface area contributed by atoms with Gasteiger partial charge in [0.05, 0.1) is 18.8 Å². The third-order valence-electron chi connectivity index (χ3n) is 4.61. The van der Waals surface area contributed by atoms with Crippen molar-refractivity contribution < 1.29 is 26.5 Å². The molecule has 1 aliphatic heterocycles. The summed E-state index contributed by atoms with van der Waals surface area (Å²) in [5, 5.41) is 0. The van der Waals surface area contributed by atoms with Gasteiger partial charge in [0.15, 0.2) is 0 Å². The smallest absolute Gasteiger partial charge is 0.306 e. The van der Waals surface area contributed by atoms with E-state index >= 15 is 0 Å². The first-order valence-corrected chi connectivity index (χ1v) is 11.2. The van der Waals surface area contributed by atoms with Gasteiger partial charge in [0, 0.05) is 19.7 Å². The van der Waals surface area contributed by atoms with Crippen LogP contribution in [0.1, 0.15) is 24.0 Å². The van der Waals surface area contributed by atoms with E-state index in [1.807, 2.05) is 0 Å².